The van der Waals surface area contributed by atoms with Crippen molar-refractivity contribution in [3.63, 3.8) is 0 Å². The minimum absolute atomic E-state index is 0.0186. The topological polar surface area (TPSA) is 55.9 Å². The number of furan rings is 1. The van der Waals surface area contributed by atoms with Crippen LogP contribution in [0.2, 0.25) is 0 Å². The van der Waals surface area contributed by atoms with Crippen LogP contribution in [0.15, 0.2) is 59.2 Å². The van der Waals surface area contributed by atoms with Gasteiger partial charge in [0.25, 0.3) is 5.82 Å². The van der Waals surface area contributed by atoms with Gasteiger partial charge >= 0.3 is 6.18 Å². The highest BCUT2D eigenvalue weighted by Gasteiger charge is 2.39. The molecule has 1 N–H and O–H groups in total. The normalized spacial score (nSPS) is 17.1. The summed E-state index contributed by atoms with van der Waals surface area (Å²) in [6.07, 6.45) is -1.36. The molecule has 5 nitrogen and oxygen atoms in total. The van der Waals surface area contributed by atoms with Gasteiger partial charge in [0.2, 0.25) is 5.95 Å². The molecule has 0 bridgehead atoms. The van der Waals surface area contributed by atoms with Crippen LogP contribution < -0.4 is 5.32 Å². The number of benzene rings is 1. The molecule has 3 heterocycles. The van der Waals surface area contributed by atoms with Crippen molar-refractivity contribution in [2.24, 2.45) is 0 Å². The van der Waals surface area contributed by atoms with Gasteiger partial charge in [-0.3, -0.25) is 0 Å². The molecule has 0 saturated heterocycles. The van der Waals surface area contributed by atoms with Crippen molar-refractivity contribution in [1.82, 2.24) is 14.8 Å². The quantitative estimate of drug-likeness (QED) is 0.772. The first-order valence-electron chi connectivity index (χ1n) is 7.14. The van der Waals surface area contributed by atoms with E-state index in [1.54, 1.807) is 18.2 Å². The number of anilines is 1. The molecule has 0 radical (unpaired) electrons. The fourth-order valence-corrected chi connectivity index (χ4v) is 2.58. The first-order valence-corrected chi connectivity index (χ1v) is 7.14. The maximum atomic E-state index is 13.0. The average Bonchev–Trinajstić information content (AvgIpc) is 3.23. The summed E-state index contributed by atoms with van der Waals surface area (Å²) >= 11 is 0. The molecule has 3 aromatic rings. The Bertz CT molecular complexity index is 882. The largest absolute Gasteiger partial charge is 0.463 e. The second kappa shape index (κ2) is 5.26. The van der Waals surface area contributed by atoms with Crippen LogP contribution in [0.3, 0.4) is 0 Å². The van der Waals surface area contributed by atoms with Crippen LogP contribution in [0.5, 0.6) is 0 Å². The molecular formula is C16H11F3N4O. The van der Waals surface area contributed by atoms with Crippen molar-refractivity contribution in [2.45, 2.75) is 12.2 Å². The standard InChI is InChI=1S/C16H11F3N4O/c17-16(18,19)14-21-15-20-11(13-7-4-8-24-13)9-12(23(15)22-14)10-5-2-1-3-6-10/h1-9,12H,(H,20,21,22). The molecule has 4 rings (SSSR count). The predicted octanol–water partition coefficient (Wildman–Crippen LogP) is 3.95. The summed E-state index contributed by atoms with van der Waals surface area (Å²) in [5, 5.41) is 6.49. The Morgan fingerprint density at radius 1 is 1.08 bits per heavy atom. The van der Waals surface area contributed by atoms with E-state index in [0.717, 1.165) is 5.56 Å². The molecule has 0 spiro atoms. The lowest BCUT2D eigenvalue weighted by molar-refractivity contribution is -0.145. The average molecular weight is 332 g/mol. The molecular weight excluding hydrogens is 321 g/mol. The summed E-state index contributed by atoms with van der Waals surface area (Å²) in [6.45, 7) is 0. The van der Waals surface area contributed by atoms with E-state index in [1.807, 2.05) is 30.3 Å². The number of hydrogen-bond donors (Lipinski definition) is 1. The highest BCUT2D eigenvalue weighted by molar-refractivity contribution is 5.74. The first kappa shape index (κ1) is 14.6. The lowest BCUT2D eigenvalue weighted by Gasteiger charge is -2.23. The van der Waals surface area contributed by atoms with Crippen molar-refractivity contribution >= 4 is 11.6 Å². The summed E-state index contributed by atoms with van der Waals surface area (Å²) in [5.41, 5.74) is 1.34. The van der Waals surface area contributed by atoms with Crippen LogP contribution in [0.25, 0.3) is 5.70 Å². The van der Waals surface area contributed by atoms with Gasteiger partial charge in [0, 0.05) is 0 Å². The first-order chi connectivity index (χ1) is 11.5. The molecule has 122 valence electrons. The second-order valence-electron chi connectivity index (χ2n) is 5.24. The Balaban J connectivity index is 1.85. The van der Waals surface area contributed by atoms with E-state index >= 15 is 0 Å². The lowest BCUT2D eigenvalue weighted by atomic mass is 10.0. The maximum Gasteiger partial charge on any atom is 0.453 e. The Morgan fingerprint density at radius 2 is 1.88 bits per heavy atom. The SMILES string of the molecule is FC(F)(F)c1nc2n(n1)C(c1ccccc1)C=C(c1ccco1)N2. The van der Waals surface area contributed by atoms with Gasteiger partial charge in [0.1, 0.15) is 11.8 Å². The second-order valence-corrected chi connectivity index (χ2v) is 5.24. The minimum Gasteiger partial charge on any atom is -0.463 e. The highest BCUT2D eigenvalue weighted by atomic mass is 19.4. The van der Waals surface area contributed by atoms with Crippen molar-refractivity contribution < 1.29 is 17.6 Å². The molecule has 0 fully saturated rings. The number of halogens is 3. The van der Waals surface area contributed by atoms with Crippen molar-refractivity contribution in [3.05, 3.63) is 72.0 Å². The molecule has 8 heteroatoms. The zero-order chi connectivity index (χ0) is 16.7. The zero-order valence-corrected chi connectivity index (χ0v) is 12.2. The molecule has 2 aromatic heterocycles. The Hall–Kier alpha value is -3.03. The third-order valence-electron chi connectivity index (χ3n) is 3.65. The van der Waals surface area contributed by atoms with E-state index < -0.39 is 18.0 Å². The van der Waals surface area contributed by atoms with Crippen LogP contribution in [-0.2, 0) is 6.18 Å². The van der Waals surface area contributed by atoms with Gasteiger partial charge in [-0.15, -0.1) is 5.10 Å². The van der Waals surface area contributed by atoms with Crippen LogP contribution in [0, 0.1) is 0 Å². The fraction of sp³-hybridized carbons (Fsp3) is 0.125. The van der Waals surface area contributed by atoms with Crippen LogP contribution >= 0.6 is 0 Å². The van der Waals surface area contributed by atoms with E-state index in [4.69, 9.17) is 4.42 Å². The molecule has 0 amide bonds. The number of rotatable bonds is 2. The number of allylic oxidation sites excluding steroid dienone is 1. The summed E-state index contributed by atoms with van der Waals surface area (Å²) in [4.78, 5) is 3.59. The van der Waals surface area contributed by atoms with Crippen molar-refractivity contribution in [3.8, 4) is 0 Å². The maximum absolute atomic E-state index is 13.0. The van der Waals surface area contributed by atoms with E-state index in [-0.39, 0.29) is 5.95 Å². The van der Waals surface area contributed by atoms with Crippen LogP contribution in [0.4, 0.5) is 19.1 Å². The Kier molecular flexibility index (Phi) is 3.19. The van der Waals surface area contributed by atoms with E-state index in [2.05, 4.69) is 15.4 Å². The Morgan fingerprint density at radius 3 is 2.54 bits per heavy atom. The summed E-state index contributed by atoms with van der Waals surface area (Å²) in [5.74, 6) is -0.649. The van der Waals surface area contributed by atoms with Gasteiger partial charge in [-0.1, -0.05) is 30.3 Å². The molecule has 24 heavy (non-hydrogen) atoms. The summed E-state index contributed by atoms with van der Waals surface area (Å²) < 4.78 is 45.5. The predicted molar refractivity (Wildman–Crippen MR) is 79.9 cm³/mol. The molecule has 1 unspecified atom stereocenters. The van der Waals surface area contributed by atoms with Crippen LogP contribution in [-0.4, -0.2) is 14.8 Å². The van der Waals surface area contributed by atoms with Gasteiger partial charge in [0.05, 0.1) is 12.0 Å². The molecule has 1 aromatic carbocycles. The van der Waals surface area contributed by atoms with Gasteiger partial charge in [-0.25, -0.2) is 4.68 Å². The van der Waals surface area contributed by atoms with E-state index in [9.17, 15) is 13.2 Å². The third kappa shape index (κ3) is 2.45. The fourth-order valence-electron chi connectivity index (χ4n) is 2.58. The lowest BCUT2D eigenvalue weighted by Crippen LogP contribution is -2.20. The van der Waals surface area contributed by atoms with Crippen molar-refractivity contribution in [1.29, 1.82) is 0 Å². The monoisotopic (exact) mass is 332 g/mol. The number of alkyl halides is 3. The number of hydrogen-bond acceptors (Lipinski definition) is 4. The molecule has 1 aliphatic rings. The number of aromatic nitrogens is 3. The third-order valence-corrected chi connectivity index (χ3v) is 3.65. The van der Waals surface area contributed by atoms with Crippen molar-refractivity contribution in [2.75, 3.05) is 5.32 Å². The van der Waals surface area contributed by atoms with Gasteiger partial charge < -0.3 is 9.73 Å². The number of nitrogens with zero attached hydrogens (tertiary/aromatic N) is 3. The smallest absolute Gasteiger partial charge is 0.453 e. The molecule has 0 aliphatic carbocycles. The van der Waals surface area contributed by atoms with E-state index in [0.29, 0.717) is 11.5 Å². The van der Waals surface area contributed by atoms with Gasteiger partial charge in [-0.05, 0) is 23.8 Å². The van der Waals surface area contributed by atoms with Gasteiger partial charge in [-0.2, -0.15) is 18.2 Å². The minimum atomic E-state index is -4.61. The zero-order valence-electron chi connectivity index (χ0n) is 12.2. The molecule has 1 aliphatic heterocycles. The van der Waals surface area contributed by atoms with Gasteiger partial charge in [0.15, 0.2) is 0 Å². The Labute approximate surface area is 134 Å². The van der Waals surface area contributed by atoms with E-state index in [1.165, 1.54) is 10.9 Å². The molecule has 0 saturated carbocycles. The summed E-state index contributed by atoms with van der Waals surface area (Å²) in [7, 11) is 0. The van der Waals surface area contributed by atoms with Crippen LogP contribution in [0.1, 0.15) is 23.2 Å². The molecule has 1 atom stereocenters. The highest BCUT2D eigenvalue weighted by Crippen LogP contribution is 2.35. The summed E-state index contributed by atoms with van der Waals surface area (Å²) in [6, 6.07) is 12.0. The number of fused-ring (bicyclic) bond motifs is 1. The number of nitrogens with one attached hydrogen (secondary N) is 1.